The molecule has 0 atom stereocenters. The molecule has 0 spiro atoms. The fourth-order valence-corrected chi connectivity index (χ4v) is 2.59. The van der Waals surface area contributed by atoms with Gasteiger partial charge in [-0.3, -0.25) is 4.90 Å². The van der Waals surface area contributed by atoms with Crippen LogP contribution in [0.1, 0.15) is 0 Å². The van der Waals surface area contributed by atoms with Gasteiger partial charge in [-0.1, -0.05) is 11.6 Å². The van der Waals surface area contributed by atoms with Gasteiger partial charge in [0.25, 0.3) is 0 Å². The summed E-state index contributed by atoms with van der Waals surface area (Å²) in [5.41, 5.74) is 0.727. The normalized spacial score (nSPS) is 15.6. The van der Waals surface area contributed by atoms with E-state index < -0.39 is 0 Å². The third kappa shape index (κ3) is 4.60. The van der Waals surface area contributed by atoms with E-state index in [-0.39, 0.29) is 5.82 Å². The monoisotopic (exact) mass is 336 g/mol. The highest BCUT2D eigenvalue weighted by atomic mass is 35.5. The smallest absolute Gasteiger partial charge is 0.163 e. The number of aromatic nitrogens is 2. The molecule has 7 heteroatoms. The highest BCUT2D eigenvalue weighted by Gasteiger charge is 2.10. The van der Waals surface area contributed by atoms with E-state index in [2.05, 4.69) is 20.2 Å². The maximum absolute atomic E-state index is 13.0. The number of hydrogen-bond donors (Lipinski definition) is 1. The van der Waals surface area contributed by atoms with Crippen molar-refractivity contribution in [3.05, 3.63) is 41.3 Å². The number of ether oxygens (including phenoxy) is 1. The van der Waals surface area contributed by atoms with Crippen LogP contribution >= 0.6 is 11.6 Å². The van der Waals surface area contributed by atoms with E-state index >= 15 is 0 Å². The molecule has 0 saturated carbocycles. The lowest BCUT2D eigenvalue weighted by atomic mass is 10.2. The summed E-state index contributed by atoms with van der Waals surface area (Å²) in [6.07, 6.45) is 0. The second-order valence-corrected chi connectivity index (χ2v) is 5.67. The summed E-state index contributed by atoms with van der Waals surface area (Å²) in [6.45, 7) is 5.15. The van der Waals surface area contributed by atoms with E-state index in [0.29, 0.717) is 16.8 Å². The van der Waals surface area contributed by atoms with Crippen LogP contribution in [0.2, 0.25) is 5.15 Å². The molecule has 2 heterocycles. The number of halogens is 2. The Bertz CT molecular complexity index is 647. The van der Waals surface area contributed by atoms with Gasteiger partial charge in [-0.25, -0.2) is 14.4 Å². The fraction of sp³-hybridized carbons (Fsp3) is 0.375. The zero-order valence-electron chi connectivity index (χ0n) is 12.6. The molecule has 1 N–H and O–H groups in total. The van der Waals surface area contributed by atoms with Crippen LogP contribution < -0.4 is 5.32 Å². The van der Waals surface area contributed by atoms with Gasteiger partial charge in [-0.15, -0.1) is 0 Å². The first kappa shape index (κ1) is 16.1. The summed E-state index contributed by atoms with van der Waals surface area (Å²) < 4.78 is 18.3. The number of morpholine rings is 1. The Labute approximate surface area is 139 Å². The van der Waals surface area contributed by atoms with E-state index in [1.54, 1.807) is 18.2 Å². The number of nitrogens with zero attached hydrogens (tertiary/aromatic N) is 3. The second-order valence-electron chi connectivity index (χ2n) is 5.29. The molecule has 5 nitrogen and oxygen atoms in total. The minimum Gasteiger partial charge on any atom is -0.379 e. The van der Waals surface area contributed by atoms with Gasteiger partial charge in [0.2, 0.25) is 0 Å². The lowest BCUT2D eigenvalue weighted by Gasteiger charge is -2.26. The molecule has 0 bridgehead atoms. The topological polar surface area (TPSA) is 50.3 Å². The molecule has 0 unspecified atom stereocenters. The van der Waals surface area contributed by atoms with Gasteiger partial charge in [0.05, 0.1) is 13.2 Å². The number of hydrogen-bond acceptors (Lipinski definition) is 5. The molecule has 1 aliphatic heterocycles. The third-order valence-electron chi connectivity index (χ3n) is 3.64. The van der Waals surface area contributed by atoms with Crippen molar-refractivity contribution in [1.82, 2.24) is 14.9 Å². The molecule has 122 valence electrons. The highest BCUT2D eigenvalue weighted by Crippen LogP contribution is 2.20. The number of anilines is 1. The molecular formula is C16H18ClFN4O. The zero-order chi connectivity index (χ0) is 16.1. The van der Waals surface area contributed by atoms with Crippen molar-refractivity contribution in [2.24, 2.45) is 0 Å². The van der Waals surface area contributed by atoms with Crippen molar-refractivity contribution in [2.45, 2.75) is 0 Å². The molecule has 0 radical (unpaired) electrons. The Morgan fingerprint density at radius 3 is 2.65 bits per heavy atom. The van der Waals surface area contributed by atoms with Gasteiger partial charge in [0.15, 0.2) is 5.82 Å². The Morgan fingerprint density at radius 1 is 1.17 bits per heavy atom. The van der Waals surface area contributed by atoms with E-state index in [9.17, 15) is 4.39 Å². The lowest BCUT2D eigenvalue weighted by Crippen LogP contribution is -2.39. The highest BCUT2D eigenvalue weighted by molar-refractivity contribution is 6.29. The fourth-order valence-electron chi connectivity index (χ4n) is 2.40. The molecule has 0 aliphatic carbocycles. The summed E-state index contributed by atoms with van der Waals surface area (Å²) in [7, 11) is 0. The molecule has 1 aliphatic rings. The quantitative estimate of drug-likeness (QED) is 0.851. The summed E-state index contributed by atoms with van der Waals surface area (Å²) in [6, 6.07) is 7.72. The van der Waals surface area contributed by atoms with E-state index in [1.165, 1.54) is 12.1 Å². The molecule has 3 rings (SSSR count). The van der Waals surface area contributed by atoms with Crippen LogP contribution in [0.4, 0.5) is 10.2 Å². The van der Waals surface area contributed by atoms with E-state index in [0.717, 1.165) is 45.0 Å². The predicted octanol–water partition coefficient (Wildman–Crippen LogP) is 2.68. The van der Waals surface area contributed by atoms with Gasteiger partial charge in [-0.05, 0) is 24.3 Å². The average Bonchev–Trinajstić information content (AvgIpc) is 2.56. The largest absolute Gasteiger partial charge is 0.379 e. The maximum atomic E-state index is 13.0. The van der Waals surface area contributed by atoms with Crippen LogP contribution in [0.5, 0.6) is 0 Å². The van der Waals surface area contributed by atoms with Crippen molar-refractivity contribution in [3.8, 4) is 11.4 Å². The van der Waals surface area contributed by atoms with Crippen molar-refractivity contribution in [2.75, 3.05) is 44.7 Å². The third-order valence-corrected chi connectivity index (χ3v) is 3.83. The van der Waals surface area contributed by atoms with Gasteiger partial charge in [0.1, 0.15) is 16.8 Å². The number of benzene rings is 1. The van der Waals surface area contributed by atoms with E-state index in [4.69, 9.17) is 16.3 Å². The van der Waals surface area contributed by atoms with Crippen molar-refractivity contribution in [3.63, 3.8) is 0 Å². The standard InChI is InChI=1S/C16H18ClFN4O/c17-14-11-15(19-5-6-22-7-9-23-10-8-22)21-16(20-14)12-1-3-13(18)4-2-12/h1-4,11H,5-10H2,(H,19,20,21). The minimum absolute atomic E-state index is 0.292. The first-order valence-electron chi connectivity index (χ1n) is 7.55. The van der Waals surface area contributed by atoms with Crippen LogP contribution in [0, 0.1) is 5.82 Å². The Kier molecular flexibility index (Phi) is 5.38. The summed E-state index contributed by atoms with van der Waals surface area (Å²) >= 11 is 6.07. The van der Waals surface area contributed by atoms with Gasteiger partial charge in [0, 0.05) is 37.8 Å². The van der Waals surface area contributed by atoms with Crippen LogP contribution in [0.25, 0.3) is 11.4 Å². The summed E-state index contributed by atoms with van der Waals surface area (Å²) in [5, 5.41) is 3.62. The van der Waals surface area contributed by atoms with Crippen molar-refractivity contribution >= 4 is 17.4 Å². The zero-order valence-corrected chi connectivity index (χ0v) is 13.4. The second kappa shape index (κ2) is 7.68. The Morgan fingerprint density at radius 2 is 1.91 bits per heavy atom. The molecule has 1 aromatic heterocycles. The van der Waals surface area contributed by atoms with Gasteiger partial charge in [-0.2, -0.15) is 0 Å². The van der Waals surface area contributed by atoms with Crippen LogP contribution in [-0.4, -0.2) is 54.3 Å². The lowest BCUT2D eigenvalue weighted by molar-refractivity contribution is 0.0398. The van der Waals surface area contributed by atoms with Gasteiger partial charge < -0.3 is 10.1 Å². The summed E-state index contributed by atoms with van der Waals surface area (Å²) in [5.74, 6) is 0.851. The first-order valence-corrected chi connectivity index (χ1v) is 7.93. The van der Waals surface area contributed by atoms with Crippen molar-refractivity contribution in [1.29, 1.82) is 0 Å². The molecule has 23 heavy (non-hydrogen) atoms. The molecule has 1 fully saturated rings. The minimum atomic E-state index is -0.292. The van der Waals surface area contributed by atoms with Crippen LogP contribution in [0.3, 0.4) is 0 Å². The maximum Gasteiger partial charge on any atom is 0.163 e. The Balaban J connectivity index is 1.64. The average molecular weight is 337 g/mol. The summed E-state index contributed by atoms with van der Waals surface area (Å²) in [4.78, 5) is 11.0. The molecule has 2 aromatic rings. The predicted molar refractivity (Wildman–Crippen MR) is 88.2 cm³/mol. The van der Waals surface area contributed by atoms with Crippen LogP contribution in [0.15, 0.2) is 30.3 Å². The number of nitrogens with one attached hydrogen (secondary N) is 1. The molecular weight excluding hydrogens is 319 g/mol. The number of rotatable bonds is 5. The Hall–Kier alpha value is -1.76. The van der Waals surface area contributed by atoms with E-state index in [1.807, 2.05) is 0 Å². The molecule has 0 amide bonds. The van der Waals surface area contributed by atoms with Crippen molar-refractivity contribution < 1.29 is 9.13 Å². The molecule has 1 saturated heterocycles. The first-order chi connectivity index (χ1) is 11.2. The van der Waals surface area contributed by atoms with Gasteiger partial charge >= 0.3 is 0 Å². The SMILES string of the molecule is Fc1ccc(-c2nc(Cl)cc(NCCN3CCOCC3)n2)cc1. The molecule has 1 aromatic carbocycles. The van der Waals surface area contributed by atoms with Crippen LogP contribution in [-0.2, 0) is 4.74 Å².